The summed E-state index contributed by atoms with van der Waals surface area (Å²) in [5, 5.41) is 5.08. The highest BCUT2D eigenvalue weighted by atomic mass is 32.2. The number of thioether (sulfide) groups is 1. The van der Waals surface area contributed by atoms with Crippen molar-refractivity contribution in [2.75, 3.05) is 25.6 Å². The van der Waals surface area contributed by atoms with Gasteiger partial charge < -0.3 is 14.2 Å². The van der Waals surface area contributed by atoms with E-state index in [1.807, 2.05) is 0 Å². The maximum Gasteiger partial charge on any atom is 0.316 e. The molecule has 0 unspecified atom stereocenters. The fourth-order valence-electron chi connectivity index (χ4n) is 3.04. The molecule has 0 amide bonds. The molecule has 0 aliphatic carbocycles. The molecule has 0 spiro atoms. The predicted molar refractivity (Wildman–Crippen MR) is 124 cm³/mol. The molecule has 0 saturated carbocycles. The van der Waals surface area contributed by atoms with Crippen LogP contribution in [0.15, 0.2) is 35.6 Å². The molecule has 9 heteroatoms. The van der Waals surface area contributed by atoms with Gasteiger partial charge in [-0.2, -0.15) is 5.10 Å². The van der Waals surface area contributed by atoms with Crippen LogP contribution in [0.5, 0.6) is 5.88 Å². The van der Waals surface area contributed by atoms with Gasteiger partial charge in [-0.25, -0.2) is 14.6 Å². The number of fused-ring (bicyclic) bond motifs is 1. The monoisotopic (exact) mass is 458 g/mol. The lowest BCUT2D eigenvalue weighted by molar-refractivity contribution is -0.139. The van der Waals surface area contributed by atoms with E-state index in [-0.39, 0.29) is 17.1 Å². The molecule has 2 aromatic heterocycles. The molecule has 0 saturated heterocycles. The lowest BCUT2D eigenvalue weighted by Gasteiger charge is -2.19. The molecule has 0 atom stereocenters. The fourth-order valence-corrected chi connectivity index (χ4v) is 3.78. The first-order chi connectivity index (χ1) is 15.3. The van der Waals surface area contributed by atoms with E-state index in [1.54, 1.807) is 18.7 Å². The summed E-state index contributed by atoms with van der Waals surface area (Å²) in [6.45, 7) is 10.1. The molecule has 3 aromatic rings. The van der Waals surface area contributed by atoms with Crippen molar-refractivity contribution >= 4 is 28.8 Å². The third-order valence-electron chi connectivity index (χ3n) is 4.72. The van der Waals surface area contributed by atoms with E-state index in [4.69, 9.17) is 14.2 Å². The van der Waals surface area contributed by atoms with E-state index in [0.29, 0.717) is 48.4 Å². The molecule has 0 N–H and O–H groups in total. The maximum absolute atomic E-state index is 11.6. The van der Waals surface area contributed by atoms with Gasteiger partial charge in [-0.05, 0) is 23.5 Å². The fraction of sp³-hybridized carbons (Fsp3) is 0.478. The molecule has 0 fully saturated rings. The first-order valence-electron chi connectivity index (χ1n) is 10.6. The van der Waals surface area contributed by atoms with Crippen molar-refractivity contribution in [2.24, 2.45) is 7.05 Å². The number of carbonyl (C=O) groups is 1. The quantitative estimate of drug-likeness (QED) is 0.196. The van der Waals surface area contributed by atoms with Crippen LogP contribution in [-0.4, -0.2) is 51.3 Å². The van der Waals surface area contributed by atoms with Crippen molar-refractivity contribution in [3.63, 3.8) is 0 Å². The number of esters is 1. The standard InChI is InChI=1S/C23H30N4O4S/c1-6-30-18(28)14-32-21-19-20(24-15-25-21)22(27(5)26-19)31-12-11-29-13-16-7-9-17(10-8-16)23(2,3)4/h7-10,15H,6,11-14H2,1-5H3. The van der Waals surface area contributed by atoms with E-state index >= 15 is 0 Å². The van der Waals surface area contributed by atoms with Gasteiger partial charge in [0.1, 0.15) is 23.5 Å². The predicted octanol–water partition coefficient (Wildman–Crippen LogP) is 3.91. The molecule has 0 bridgehead atoms. The van der Waals surface area contributed by atoms with Gasteiger partial charge in [0, 0.05) is 7.05 Å². The second-order valence-corrected chi connectivity index (χ2v) is 9.21. The maximum atomic E-state index is 11.6. The van der Waals surface area contributed by atoms with Crippen LogP contribution in [-0.2, 0) is 33.3 Å². The van der Waals surface area contributed by atoms with Crippen LogP contribution in [0.1, 0.15) is 38.8 Å². The van der Waals surface area contributed by atoms with Crippen molar-refractivity contribution in [1.29, 1.82) is 0 Å². The summed E-state index contributed by atoms with van der Waals surface area (Å²) < 4.78 is 18.2. The second-order valence-electron chi connectivity index (χ2n) is 8.25. The Morgan fingerprint density at radius 2 is 1.84 bits per heavy atom. The third kappa shape index (κ3) is 6.20. The van der Waals surface area contributed by atoms with Crippen LogP contribution in [0.2, 0.25) is 0 Å². The van der Waals surface area contributed by atoms with Crippen molar-refractivity contribution in [1.82, 2.24) is 19.7 Å². The minimum atomic E-state index is -0.290. The molecule has 0 aliphatic heterocycles. The highest BCUT2D eigenvalue weighted by molar-refractivity contribution is 8.00. The van der Waals surface area contributed by atoms with Crippen molar-refractivity contribution in [2.45, 2.75) is 44.7 Å². The molecule has 3 rings (SSSR count). The zero-order valence-electron chi connectivity index (χ0n) is 19.3. The summed E-state index contributed by atoms with van der Waals surface area (Å²) >= 11 is 1.27. The van der Waals surface area contributed by atoms with E-state index in [2.05, 4.69) is 60.1 Å². The highest BCUT2D eigenvalue weighted by Gasteiger charge is 2.17. The number of nitrogens with zero attached hydrogens (tertiary/aromatic N) is 4. The Balaban J connectivity index is 1.53. The Kier molecular flexibility index (Phi) is 8.09. The summed E-state index contributed by atoms with van der Waals surface area (Å²) in [5.74, 6) is 0.414. The molecule has 0 radical (unpaired) electrons. The number of hydrogen-bond acceptors (Lipinski definition) is 8. The lowest BCUT2D eigenvalue weighted by Crippen LogP contribution is -2.11. The van der Waals surface area contributed by atoms with Gasteiger partial charge in [0.2, 0.25) is 5.88 Å². The number of carbonyl (C=O) groups excluding carboxylic acids is 1. The Bertz CT molecular complexity index is 1040. The minimum absolute atomic E-state index is 0.139. The highest BCUT2D eigenvalue weighted by Crippen LogP contribution is 2.29. The topological polar surface area (TPSA) is 88.4 Å². The zero-order valence-corrected chi connectivity index (χ0v) is 20.1. The van der Waals surface area contributed by atoms with E-state index in [0.717, 1.165) is 5.56 Å². The summed E-state index contributed by atoms with van der Waals surface area (Å²) in [6, 6.07) is 8.49. The number of aryl methyl sites for hydroxylation is 1. The average molecular weight is 459 g/mol. The first-order valence-corrected chi connectivity index (χ1v) is 11.5. The number of rotatable bonds is 10. The molecule has 172 valence electrons. The summed E-state index contributed by atoms with van der Waals surface area (Å²) in [7, 11) is 1.79. The summed E-state index contributed by atoms with van der Waals surface area (Å²) in [4.78, 5) is 20.2. The molecule has 1 aromatic carbocycles. The van der Waals surface area contributed by atoms with Crippen molar-refractivity contribution in [3.8, 4) is 5.88 Å². The third-order valence-corrected chi connectivity index (χ3v) is 5.67. The second kappa shape index (κ2) is 10.8. The Labute approximate surface area is 192 Å². The Hall–Kier alpha value is -2.65. The first kappa shape index (κ1) is 24.0. The van der Waals surface area contributed by atoms with Crippen LogP contribution in [0, 0.1) is 0 Å². The van der Waals surface area contributed by atoms with Crippen molar-refractivity contribution in [3.05, 3.63) is 41.7 Å². The van der Waals surface area contributed by atoms with Crippen molar-refractivity contribution < 1.29 is 19.0 Å². The zero-order chi connectivity index (χ0) is 23.1. The van der Waals surface area contributed by atoms with Crippen LogP contribution < -0.4 is 4.74 Å². The summed E-state index contributed by atoms with van der Waals surface area (Å²) in [6.07, 6.45) is 1.45. The van der Waals surface area contributed by atoms with Crippen LogP contribution in [0.4, 0.5) is 0 Å². The average Bonchev–Trinajstić information content (AvgIpc) is 3.07. The lowest BCUT2D eigenvalue weighted by atomic mass is 9.87. The smallest absolute Gasteiger partial charge is 0.316 e. The Morgan fingerprint density at radius 1 is 1.09 bits per heavy atom. The van der Waals surface area contributed by atoms with Crippen LogP contribution >= 0.6 is 11.8 Å². The van der Waals surface area contributed by atoms with E-state index in [1.165, 1.54) is 23.7 Å². The van der Waals surface area contributed by atoms with E-state index < -0.39 is 0 Å². The SMILES string of the molecule is CCOC(=O)CSc1ncnc2c(OCCOCc3ccc(C(C)(C)C)cc3)n(C)nc12. The van der Waals surface area contributed by atoms with Crippen LogP contribution in [0.3, 0.4) is 0 Å². The number of benzene rings is 1. The molecule has 8 nitrogen and oxygen atoms in total. The van der Waals surface area contributed by atoms with Crippen LogP contribution in [0.25, 0.3) is 11.0 Å². The molecule has 2 heterocycles. The molecular weight excluding hydrogens is 428 g/mol. The molecule has 32 heavy (non-hydrogen) atoms. The number of ether oxygens (including phenoxy) is 3. The van der Waals surface area contributed by atoms with Gasteiger partial charge in [-0.3, -0.25) is 4.79 Å². The number of aromatic nitrogens is 4. The normalized spacial score (nSPS) is 11.7. The largest absolute Gasteiger partial charge is 0.474 e. The minimum Gasteiger partial charge on any atom is -0.474 e. The summed E-state index contributed by atoms with van der Waals surface area (Å²) in [5.41, 5.74) is 3.76. The van der Waals surface area contributed by atoms with Gasteiger partial charge in [0.25, 0.3) is 0 Å². The van der Waals surface area contributed by atoms with Gasteiger partial charge in [-0.1, -0.05) is 56.8 Å². The molecule has 0 aliphatic rings. The van der Waals surface area contributed by atoms with Gasteiger partial charge in [0.05, 0.1) is 25.6 Å². The van der Waals surface area contributed by atoms with Gasteiger partial charge in [-0.15, -0.1) is 0 Å². The molecular formula is C23H30N4O4S. The van der Waals surface area contributed by atoms with Gasteiger partial charge in [0.15, 0.2) is 5.52 Å². The van der Waals surface area contributed by atoms with E-state index in [9.17, 15) is 4.79 Å². The Morgan fingerprint density at radius 3 is 2.53 bits per heavy atom. The number of hydrogen-bond donors (Lipinski definition) is 0. The van der Waals surface area contributed by atoms with Gasteiger partial charge >= 0.3 is 5.97 Å².